The van der Waals surface area contributed by atoms with Crippen molar-refractivity contribution in [2.24, 2.45) is 17.8 Å². The van der Waals surface area contributed by atoms with Crippen LogP contribution in [0.15, 0.2) is 0 Å². The summed E-state index contributed by atoms with van der Waals surface area (Å²) in [5, 5.41) is 6.80. The Labute approximate surface area is 75.1 Å². The van der Waals surface area contributed by atoms with Gasteiger partial charge >= 0.3 is 0 Å². The van der Waals surface area contributed by atoms with Crippen LogP contribution in [0.1, 0.15) is 19.3 Å². The lowest BCUT2D eigenvalue weighted by atomic mass is 9.76. The van der Waals surface area contributed by atoms with Gasteiger partial charge in [-0.1, -0.05) is 0 Å². The number of rotatable bonds is 2. The lowest BCUT2D eigenvalue weighted by Gasteiger charge is -2.30. The van der Waals surface area contributed by atoms with Crippen molar-refractivity contribution >= 4 is 0 Å². The highest BCUT2D eigenvalue weighted by Crippen LogP contribution is 2.35. The molecule has 0 radical (unpaired) electrons. The summed E-state index contributed by atoms with van der Waals surface area (Å²) in [5.74, 6) is 2.96. The predicted octanol–water partition coefficient (Wildman–Crippen LogP) is 0.841. The molecule has 2 N–H and O–H groups in total. The van der Waals surface area contributed by atoms with E-state index < -0.39 is 0 Å². The summed E-state index contributed by atoms with van der Waals surface area (Å²) >= 11 is 0. The summed E-state index contributed by atoms with van der Waals surface area (Å²) in [4.78, 5) is 0. The second-order valence-electron chi connectivity index (χ2n) is 4.42. The van der Waals surface area contributed by atoms with E-state index in [-0.39, 0.29) is 0 Å². The maximum Gasteiger partial charge on any atom is -0.00172 e. The predicted molar refractivity (Wildman–Crippen MR) is 51.1 cm³/mol. The SMILES string of the molecule is CNCC1CCC2CNCC2C1. The summed E-state index contributed by atoms with van der Waals surface area (Å²) in [6.07, 6.45) is 4.37. The van der Waals surface area contributed by atoms with Crippen LogP contribution in [0.5, 0.6) is 0 Å². The molecular formula is C10H20N2. The Morgan fingerprint density at radius 2 is 2.08 bits per heavy atom. The van der Waals surface area contributed by atoms with Crippen LogP contribution in [-0.4, -0.2) is 26.7 Å². The highest BCUT2D eigenvalue weighted by atomic mass is 14.9. The average Bonchev–Trinajstić information content (AvgIpc) is 2.51. The van der Waals surface area contributed by atoms with Gasteiger partial charge in [0.15, 0.2) is 0 Å². The Hall–Kier alpha value is -0.0800. The van der Waals surface area contributed by atoms with Crippen molar-refractivity contribution in [3.05, 3.63) is 0 Å². The highest BCUT2D eigenvalue weighted by molar-refractivity contribution is 4.87. The van der Waals surface area contributed by atoms with Gasteiger partial charge in [-0.15, -0.1) is 0 Å². The van der Waals surface area contributed by atoms with Crippen LogP contribution in [0.3, 0.4) is 0 Å². The van der Waals surface area contributed by atoms with Crippen molar-refractivity contribution in [3.8, 4) is 0 Å². The first kappa shape index (κ1) is 8.52. The van der Waals surface area contributed by atoms with Gasteiger partial charge in [-0.05, 0) is 63.7 Å². The van der Waals surface area contributed by atoms with Crippen LogP contribution >= 0.6 is 0 Å². The van der Waals surface area contributed by atoms with E-state index in [0.717, 1.165) is 17.8 Å². The van der Waals surface area contributed by atoms with E-state index in [1.807, 2.05) is 0 Å². The molecule has 0 aromatic carbocycles. The number of hydrogen-bond donors (Lipinski definition) is 2. The highest BCUT2D eigenvalue weighted by Gasteiger charge is 2.33. The molecule has 2 fully saturated rings. The third kappa shape index (κ3) is 1.64. The number of fused-ring (bicyclic) bond motifs is 1. The van der Waals surface area contributed by atoms with Crippen LogP contribution in [0.25, 0.3) is 0 Å². The third-order valence-corrected chi connectivity index (χ3v) is 3.55. The van der Waals surface area contributed by atoms with Gasteiger partial charge in [0.2, 0.25) is 0 Å². The Kier molecular flexibility index (Phi) is 2.66. The zero-order chi connectivity index (χ0) is 8.39. The zero-order valence-corrected chi connectivity index (χ0v) is 7.97. The van der Waals surface area contributed by atoms with Gasteiger partial charge in [-0.25, -0.2) is 0 Å². The number of hydrogen-bond acceptors (Lipinski definition) is 2. The fourth-order valence-electron chi connectivity index (χ4n) is 2.87. The van der Waals surface area contributed by atoms with Crippen LogP contribution in [0.4, 0.5) is 0 Å². The van der Waals surface area contributed by atoms with E-state index >= 15 is 0 Å². The van der Waals surface area contributed by atoms with Gasteiger partial charge in [-0.2, -0.15) is 0 Å². The molecule has 0 bridgehead atoms. The molecule has 2 aliphatic rings. The standard InChI is InChI=1S/C10H20N2/c1-11-5-8-2-3-9-6-12-7-10(9)4-8/h8-12H,2-7H2,1H3. The first-order chi connectivity index (χ1) is 5.90. The summed E-state index contributed by atoms with van der Waals surface area (Å²) in [5.41, 5.74) is 0. The van der Waals surface area contributed by atoms with Gasteiger partial charge < -0.3 is 10.6 Å². The lowest BCUT2D eigenvalue weighted by Crippen LogP contribution is -2.29. The molecule has 0 spiro atoms. The van der Waals surface area contributed by atoms with E-state index in [1.165, 1.54) is 38.9 Å². The molecule has 1 heterocycles. The Morgan fingerprint density at radius 1 is 1.25 bits per heavy atom. The van der Waals surface area contributed by atoms with Crippen molar-refractivity contribution in [1.82, 2.24) is 10.6 Å². The molecule has 2 nitrogen and oxygen atoms in total. The topological polar surface area (TPSA) is 24.1 Å². The summed E-state index contributed by atoms with van der Waals surface area (Å²) in [6.45, 7) is 3.80. The Balaban J connectivity index is 1.84. The fourth-order valence-corrected chi connectivity index (χ4v) is 2.87. The van der Waals surface area contributed by atoms with Gasteiger partial charge in [0, 0.05) is 0 Å². The second kappa shape index (κ2) is 3.75. The normalized spacial score (nSPS) is 41.2. The van der Waals surface area contributed by atoms with Crippen LogP contribution in [-0.2, 0) is 0 Å². The summed E-state index contributed by atoms with van der Waals surface area (Å²) in [7, 11) is 2.07. The molecule has 2 rings (SSSR count). The summed E-state index contributed by atoms with van der Waals surface area (Å²) in [6, 6.07) is 0. The van der Waals surface area contributed by atoms with Gasteiger partial charge in [0.25, 0.3) is 0 Å². The molecule has 1 aliphatic heterocycles. The van der Waals surface area contributed by atoms with Crippen LogP contribution in [0, 0.1) is 17.8 Å². The molecule has 0 aromatic heterocycles. The van der Waals surface area contributed by atoms with Crippen molar-refractivity contribution in [3.63, 3.8) is 0 Å². The van der Waals surface area contributed by atoms with Gasteiger partial charge in [-0.3, -0.25) is 0 Å². The molecule has 1 aliphatic carbocycles. The largest absolute Gasteiger partial charge is 0.319 e. The molecule has 0 aromatic rings. The Bertz CT molecular complexity index is 147. The zero-order valence-electron chi connectivity index (χ0n) is 7.97. The molecule has 0 amide bonds. The molecule has 3 atom stereocenters. The third-order valence-electron chi connectivity index (χ3n) is 3.55. The number of nitrogens with one attached hydrogen (secondary N) is 2. The van der Waals surface area contributed by atoms with Crippen molar-refractivity contribution < 1.29 is 0 Å². The minimum Gasteiger partial charge on any atom is -0.319 e. The van der Waals surface area contributed by atoms with Crippen LogP contribution < -0.4 is 10.6 Å². The molecule has 70 valence electrons. The average molecular weight is 168 g/mol. The smallest absolute Gasteiger partial charge is 0.00172 e. The lowest BCUT2D eigenvalue weighted by molar-refractivity contribution is 0.222. The molecule has 3 unspecified atom stereocenters. The van der Waals surface area contributed by atoms with Gasteiger partial charge in [0.05, 0.1) is 0 Å². The van der Waals surface area contributed by atoms with E-state index in [9.17, 15) is 0 Å². The van der Waals surface area contributed by atoms with Crippen molar-refractivity contribution in [1.29, 1.82) is 0 Å². The Morgan fingerprint density at radius 3 is 2.92 bits per heavy atom. The van der Waals surface area contributed by atoms with Gasteiger partial charge in [0.1, 0.15) is 0 Å². The van der Waals surface area contributed by atoms with E-state index in [1.54, 1.807) is 0 Å². The van der Waals surface area contributed by atoms with E-state index in [0.29, 0.717) is 0 Å². The molecule has 12 heavy (non-hydrogen) atoms. The molecule has 2 heteroatoms. The first-order valence-electron chi connectivity index (χ1n) is 5.25. The molecular weight excluding hydrogens is 148 g/mol. The maximum atomic E-state index is 3.51. The van der Waals surface area contributed by atoms with E-state index in [4.69, 9.17) is 0 Å². The second-order valence-corrected chi connectivity index (χ2v) is 4.42. The monoisotopic (exact) mass is 168 g/mol. The molecule has 1 saturated carbocycles. The molecule has 1 saturated heterocycles. The first-order valence-corrected chi connectivity index (χ1v) is 5.25. The minimum absolute atomic E-state index is 0.955. The van der Waals surface area contributed by atoms with Crippen LogP contribution in [0.2, 0.25) is 0 Å². The van der Waals surface area contributed by atoms with E-state index in [2.05, 4.69) is 17.7 Å². The maximum absolute atomic E-state index is 3.51. The fraction of sp³-hybridized carbons (Fsp3) is 1.00. The van der Waals surface area contributed by atoms with Crippen molar-refractivity contribution in [2.75, 3.05) is 26.7 Å². The van der Waals surface area contributed by atoms with Crippen molar-refractivity contribution in [2.45, 2.75) is 19.3 Å². The quantitative estimate of drug-likeness (QED) is 0.638. The minimum atomic E-state index is 0.955. The summed E-state index contributed by atoms with van der Waals surface area (Å²) < 4.78 is 0.